The summed E-state index contributed by atoms with van der Waals surface area (Å²) in [6.07, 6.45) is 3.22. The summed E-state index contributed by atoms with van der Waals surface area (Å²) in [6, 6.07) is 2.84. The molecular formula is C9H14N4O. The average molecular weight is 194 g/mol. The maximum atomic E-state index is 11.4. The second-order valence-corrected chi connectivity index (χ2v) is 3.13. The van der Waals surface area contributed by atoms with E-state index >= 15 is 0 Å². The lowest BCUT2D eigenvalue weighted by molar-refractivity contribution is -0.126. The van der Waals surface area contributed by atoms with Crippen molar-refractivity contribution >= 4 is 5.91 Å². The first-order valence-electron chi connectivity index (χ1n) is 4.24. The molecule has 0 bridgehead atoms. The molecule has 1 rings (SSSR count). The number of rotatable bonds is 3. The lowest BCUT2D eigenvalue weighted by atomic mass is 10.1. The van der Waals surface area contributed by atoms with Crippen LogP contribution >= 0.6 is 0 Å². The first-order chi connectivity index (χ1) is 6.61. The Bertz CT molecular complexity index is 299. The van der Waals surface area contributed by atoms with E-state index in [2.05, 4.69) is 10.4 Å². The molecule has 0 fully saturated rings. The zero-order valence-corrected chi connectivity index (χ0v) is 8.27. The van der Waals surface area contributed by atoms with Crippen LogP contribution in [0.5, 0.6) is 0 Å². The molecule has 0 spiro atoms. The molecule has 0 saturated heterocycles. The highest BCUT2D eigenvalue weighted by Gasteiger charge is 2.15. The van der Waals surface area contributed by atoms with Gasteiger partial charge in [-0.05, 0) is 11.6 Å². The average Bonchev–Trinajstić information content (AvgIpc) is 2.17. The monoisotopic (exact) mass is 194 g/mol. The zero-order chi connectivity index (χ0) is 10.6. The summed E-state index contributed by atoms with van der Waals surface area (Å²) in [5.41, 5.74) is 8.99. The maximum Gasteiger partial charge on any atom is 0.255 e. The minimum absolute atomic E-state index is 0.247. The predicted octanol–water partition coefficient (Wildman–Crippen LogP) is -0.326. The van der Waals surface area contributed by atoms with Crippen molar-refractivity contribution in [3.05, 3.63) is 30.1 Å². The highest BCUT2D eigenvalue weighted by atomic mass is 16.2. The van der Waals surface area contributed by atoms with Gasteiger partial charge in [-0.2, -0.15) is 0 Å². The normalized spacial score (nSPS) is 12.6. The van der Waals surface area contributed by atoms with Crippen LogP contribution in [0.3, 0.4) is 0 Å². The molecule has 1 aromatic heterocycles. The van der Waals surface area contributed by atoms with Crippen LogP contribution in [-0.4, -0.2) is 30.0 Å². The summed E-state index contributed by atoms with van der Waals surface area (Å²) in [5.74, 6) is -0.247. The Morgan fingerprint density at radius 3 is 2.86 bits per heavy atom. The topological polar surface area (TPSA) is 71.2 Å². The Hall–Kier alpha value is -1.46. The molecule has 14 heavy (non-hydrogen) atoms. The number of nitrogens with two attached hydrogens (primary N) is 1. The summed E-state index contributed by atoms with van der Waals surface area (Å²) in [7, 11) is 3.46. The standard InChI is InChI=1S/C9H14N4O/c1-13(2)12-9(14)8(10)7-4-3-5-11-6-7/h3-6,8H,10H2,1-2H3,(H,12,14). The largest absolute Gasteiger partial charge is 0.316 e. The number of nitrogens with zero attached hydrogens (tertiary/aromatic N) is 2. The quantitative estimate of drug-likeness (QED) is 0.647. The number of nitrogens with one attached hydrogen (secondary N) is 1. The third-order valence-corrected chi connectivity index (χ3v) is 1.66. The molecule has 0 aromatic carbocycles. The Balaban J connectivity index is 2.66. The van der Waals surface area contributed by atoms with Crippen LogP contribution in [0.1, 0.15) is 11.6 Å². The molecule has 1 aromatic rings. The summed E-state index contributed by atoms with van der Waals surface area (Å²) in [5, 5.41) is 1.55. The summed E-state index contributed by atoms with van der Waals surface area (Å²) >= 11 is 0. The molecule has 0 aliphatic heterocycles. The van der Waals surface area contributed by atoms with E-state index in [1.54, 1.807) is 43.6 Å². The third kappa shape index (κ3) is 2.79. The van der Waals surface area contributed by atoms with Crippen molar-refractivity contribution in [2.45, 2.75) is 6.04 Å². The number of hydrazine groups is 1. The van der Waals surface area contributed by atoms with Gasteiger partial charge in [-0.25, -0.2) is 5.01 Å². The SMILES string of the molecule is CN(C)NC(=O)C(N)c1cccnc1. The van der Waals surface area contributed by atoms with E-state index in [1.807, 2.05) is 0 Å². The number of carbonyl (C=O) groups is 1. The molecule has 5 nitrogen and oxygen atoms in total. The molecule has 1 amide bonds. The molecule has 76 valence electrons. The van der Waals surface area contributed by atoms with Gasteiger partial charge in [0.2, 0.25) is 0 Å². The van der Waals surface area contributed by atoms with E-state index in [0.29, 0.717) is 5.56 Å². The van der Waals surface area contributed by atoms with Crippen molar-refractivity contribution < 1.29 is 4.79 Å². The minimum atomic E-state index is -0.675. The summed E-state index contributed by atoms with van der Waals surface area (Å²) in [4.78, 5) is 15.3. The number of amides is 1. The zero-order valence-electron chi connectivity index (χ0n) is 8.27. The van der Waals surface area contributed by atoms with Gasteiger partial charge in [0, 0.05) is 26.5 Å². The van der Waals surface area contributed by atoms with Gasteiger partial charge in [0.1, 0.15) is 6.04 Å². The van der Waals surface area contributed by atoms with Gasteiger partial charge < -0.3 is 5.73 Å². The molecule has 1 heterocycles. The van der Waals surface area contributed by atoms with Crippen LogP contribution in [-0.2, 0) is 4.79 Å². The fourth-order valence-electron chi connectivity index (χ4n) is 1.00. The van der Waals surface area contributed by atoms with E-state index < -0.39 is 6.04 Å². The first-order valence-corrected chi connectivity index (χ1v) is 4.24. The molecule has 0 aliphatic rings. The Morgan fingerprint density at radius 1 is 1.64 bits per heavy atom. The van der Waals surface area contributed by atoms with Crippen molar-refractivity contribution in [1.29, 1.82) is 0 Å². The van der Waals surface area contributed by atoms with Gasteiger partial charge in [0.25, 0.3) is 5.91 Å². The number of hydrogen-bond donors (Lipinski definition) is 2. The van der Waals surface area contributed by atoms with Crippen molar-refractivity contribution in [3.63, 3.8) is 0 Å². The van der Waals surface area contributed by atoms with E-state index in [0.717, 1.165) is 0 Å². The number of carbonyl (C=O) groups excluding carboxylic acids is 1. The Morgan fingerprint density at radius 2 is 2.36 bits per heavy atom. The second kappa shape index (κ2) is 4.69. The van der Waals surface area contributed by atoms with E-state index in [4.69, 9.17) is 5.73 Å². The predicted molar refractivity (Wildman–Crippen MR) is 53.0 cm³/mol. The van der Waals surface area contributed by atoms with Gasteiger partial charge in [-0.3, -0.25) is 15.2 Å². The number of hydrogen-bond acceptors (Lipinski definition) is 4. The molecule has 3 N–H and O–H groups in total. The van der Waals surface area contributed by atoms with E-state index in [-0.39, 0.29) is 5.91 Å². The van der Waals surface area contributed by atoms with Gasteiger partial charge in [-0.1, -0.05) is 6.07 Å². The third-order valence-electron chi connectivity index (χ3n) is 1.66. The lowest BCUT2D eigenvalue weighted by Gasteiger charge is -2.16. The van der Waals surface area contributed by atoms with Crippen molar-refractivity contribution in [3.8, 4) is 0 Å². The smallest absolute Gasteiger partial charge is 0.255 e. The van der Waals surface area contributed by atoms with Crippen molar-refractivity contribution in [2.24, 2.45) is 5.73 Å². The van der Waals surface area contributed by atoms with E-state index in [9.17, 15) is 4.79 Å². The van der Waals surface area contributed by atoms with Gasteiger partial charge in [0.05, 0.1) is 0 Å². The molecule has 0 aliphatic carbocycles. The molecule has 0 radical (unpaired) electrons. The Labute approximate surface area is 82.9 Å². The van der Waals surface area contributed by atoms with Crippen LogP contribution < -0.4 is 11.2 Å². The molecule has 1 atom stereocenters. The molecular weight excluding hydrogens is 180 g/mol. The van der Waals surface area contributed by atoms with Crippen LogP contribution in [0.4, 0.5) is 0 Å². The summed E-state index contributed by atoms with van der Waals surface area (Å²) in [6.45, 7) is 0. The highest BCUT2D eigenvalue weighted by molar-refractivity contribution is 5.82. The van der Waals surface area contributed by atoms with Gasteiger partial charge >= 0.3 is 0 Å². The van der Waals surface area contributed by atoms with Gasteiger partial charge in [0.15, 0.2) is 0 Å². The van der Waals surface area contributed by atoms with Crippen molar-refractivity contribution in [2.75, 3.05) is 14.1 Å². The fourth-order valence-corrected chi connectivity index (χ4v) is 1.00. The van der Waals surface area contributed by atoms with Crippen LogP contribution in [0.2, 0.25) is 0 Å². The molecule has 1 unspecified atom stereocenters. The van der Waals surface area contributed by atoms with E-state index in [1.165, 1.54) is 0 Å². The lowest BCUT2D eigenvalue weighted by Crippen LogP contribution is -2.42. The number of pyridine rings is 1. The Kier molecular flexibility index (Phi) is 3.55. The second-order valence-electron chi connectivity index (χ2n) is 3.13. The van der Waals surface area contributed by atoms with Crippen LogP contribution in [0.15, 0.2) is 24.5 Å². The first kappa shape index (κ1) is 10.6. The van der Waals surface area contributed by atoms with Crippen LogP contribution in [0.25, 0.3) is 0 Å². The number of aromatic nitrogens is 1. The van der Waals surface area contributed by atoms with Gasteiger partial charge in [-0.15, -0.1) is 0 Å². The van der Waals surface area contributed by atoms with Crippen LogP contribution in [0, 0.1) is 0 Å². The summed E-state index contributed by atoms with van der Waals surface area (Å²) < 4.78 is 0. The fraction of sp³-hybridized carbons (Fsp3) is 0.333. The molecule has 0 saturated carbocycles. The highest BCUT2D eigenvalue weighted by Crippen LogP contribution is 2.07. The minimum Gasteiger partial charge on any atom is -0.316 e. The maximum absolute atomic E-state index is 11.4. The molecule has 5 heteroatoms. The van der Waals surface area contributed by atoms with Crippen molar-refractivity contribution in [1.82, 2.24) is 15.4 Å².